The Morgan fingerprint density at radius 1 is 1.53 bits per heavy atom. The number of carbonyl (C=O) groups is 1. The third-order valence-electron chi connectivity index (χ3n) is 3.90. The molecule has 0 bridgehead atoms. The van der Waals surface area contributed by atoms with Crippen molar-refractivity contribution in [2.24, 2.45) is 5.92 Å². The molecule has 1 aliphatic heterocycles. The predicted octanol–water partition coefficient (Wildman–Crippen LogP) is 2.34. The Labute approximate surface area is 113 Å². The van der Waals surface area contributed by atoms with Crippen LogP contribution in [0.15, 0.2) is 24.3 Å². The number of nitrogens with zero attached hydrogens (tertiary/aromatic N) is 1. The summed E-state index contributed by atoms with van der Waals surface area (Å²) < 4.78 is 13.4. The monoisotopic (exact) mass is 264 g/mol. The summed E-state index contributed by atoms with van der Waals surface area (Å²) >= 11 is 0. The highest BCUT2D eigenvalue weighted by Crippen LogP contribution is 2.36. The zero-order chi connectivity index (χ0) is 13.8. The summed E-state index contributed by atoms with van der Waals surface area (Å²) in [6, 6.07) is 7.03. The van der Waals surface area contributed by atoms with Gasteiger partial charge in [0.1, 0.15) is 5.82 Å². The fourth-order valence-corrected chi connectivity index (χ4v) is 2.88. The van der Waals surface area contributed by atoms with E-state index in [9.17, 15) is 9.18 Å². The second kappa shape index (κ2) is 6.15. The maximum Gasteiger partial charge on any atom is 0.221 e. The number of amides is 1. The largest absolute Gasteiger partial charge is 0.359 e. The van der Waals surface area contributed by atoms with Crippen LogP contribution in [0.4, 0.5) is 4.39 Å². The molecular weight excluding hydrogens is 243 g/mol. The molecule has 1 aromatic carbocycles. The molecule has 1 aliphatic rings. The molecule has 3 nitrogen and oxygen atoms in total. The summed E-state index contributed by atoms with van der Waals surface area (Å²) in [6.45, 7) is 3.89. The summed E-state index contributed by atoms with van der Waals surface area (Å²) in [5, 5.41) is 2.64. The van der Waals surface area contributed by atoms with Crippen LogP contribution in [0.2, 0.25) is 0 Å². The van der Waals surface area contributed by atoms with Gasteiger partial charge < -0.3 is 5.32 Å². The quantitative estimate of drug-likeness (QED) is 0.905. The second-order valence-corrected chi connectivity index (χ2v) is 5.22. The SMILES string of the molecule is CNC(=O)CCN1CC[C@@H](C)[C@H]1c1cccc(F)c1. The average Bonchev–Trinajstić information content (AvgIpc) is 2.77. The molecule has 2 atom stereocenters. The zero-order valence-corrected chi connectivity index (χ0v) is 11.5. The van der Waals surface area contributed by atoms with Crippen molar-refractivity contribution in [2.75, 3.05) is 20.1 Å². The molecule has 0 saturated carbocycles. The first kappa shape index (κ1) is 14.0. The Kier molecular flexibility index (Phi) is 4.53. The third-order valence-corrected chi connectivity index (χ3v) is 3.90. The number of benzene rings is 1. The van der Waals surface area contributed by atoms with Crippen molar-refractivity contribution in [1.82, 2.24) is 10.2 Å². The number of rotatable bonds is 4. The fourth-order valence-electron chi connectivity index (χ4n) is 2.88. The number of likely N-dealkylation sites (tertiary alicyclic amines) is 1. The molecule has 1 amide bonds. The van der Waals surface area contributed by atoms with Crippen molar-refractivity contribution in [1.29, 1.82) is 0 Å². The first-order chi connectivity index (χ1) is 9.11. The maximum absolute atomic E-state index is 13.4. The zero-order valence-electron chi connectivity index (χ0n) is 11.5. The number of hydrogen-bond acceptors (Lipinski definition) is 2. The van der Waals surface area contributed by atoms with Crippen LogP contribution >= 0.6 is 0 Å². The van der Waals surface area contributed by atoms with Gasteiger partial charge in [0.05, 0.1) is 0 Å². The smallest absolute Gasteiger partial charge is 0.221 e. The molecule has 1 saturated heterocycles. The minimum atomic E-state index is -0.192. The lowest BCUT2D eigenvalue weighted by molar-refractivity contribution is -0.121. The highest BCUT2D eigenvalue weighted by molar-refractivity contribution is 5.75. The normalized spacial score (nSPS) is 23.5. The molecule has 0 radical (unpaired) electrons. The Balaban J connectivity index is 2.09. The molecule has 1 fully saturated rings. The molecule has 19 heavy (non-hydrogen) atoms. The van der Waals surface area contributed by atoms with Crippen LogP contribution in [-0.4, -0.2) is 30.9 Å². The second-order valence-electron chi connectivity index (χ2n) is 5.22. The predicted molar refractivity (Wildman–Crippen MR) is 73.2 cm³/mol. The third kappa shape index (κ3) is 3.32. The summed E-state index contributed by atoms with van der Waals surface area (Å²) in [4.78, 5) is 13.6. The first-order valence-electron chi connectivity index (χ1n) is 6.82. The van der Waals surface area contributed by atoms with Gasteiger partial charge in [-0.2, -0.15) is 0 Å². The van der Waals surface area contributed by atoms with Crippen LogP contribution in [0.3, 0.4) is 0 Å². The van der Waals surface area contributed by atoms with Gasteiger partial charge in [0.2, 0.25) is 5.91 Å². The van der Waals surface area contributed by atoms with E-state index in [0.29, 0.717) is 12.3 Å². The molecular formula is C15H21FN2O. The van der Waals surface area contributed by atoms with E-state index in [0.717, 1.165) is 25.1 Å². The highest BCUT2D eigenvalue weighted by Gasteiger charge is 2.32. The number of carbonyl (C=O) groups excluding carboxylic acids is 1. The van der Waals surface area contributed by atoms with Gasteiger partial charge in [-0.1, -0.05) is 19.1 Å². The van der Waals surface area contributed by atoms with Crippen LogP contribution in [0.1, 0.15) is 31.4 Å². The van der Waals surface area contributed by atoms with E-state index in [1.807, 2.05) is 6.07 Å². The van der Waals surface area contributed by atoms with Crippen molar-refractivity contribution < 1.29 is 9.18 Å². The summed E-state index contributed by atoms with van der Waals surface area (Å²) in [5.74, 6) is 0.354. The van der Waals surface area contributed by atoms with E-state index in [1.165, 1.54) is 6.07 Å². The average molecular weight is 264 g/mol. The number of hydrogen-bond donors (Lipinski definition) is 1. The Hall–Kier alpha value is -1.42. The van der Waals surface area contributed by atoms with E-state index in [2.05, 4.69) is 17.1 Å². The molecule has 2 rings (SSSR count). The topological polar surface area (TPSA) is 32.3 Å². The van der Waals surface area contributed by atoms with Crippen LogP contribution in [-0.2, 0) is 4.79 Å². The molecule has 1 N–H and O–H groups in total. The Morgan fingerprint density at radius 3 is 3.00 bits per heavy atom. The minimum absolute atomic E-state index is 0.0533. The van der Waals surface area contributed by atoms with Gasteiger partial charge in [0, 0.05) is 26.1 Å². The molecule has 0 aromatic heterocycles. The van der Waals surface area contributed by atoms with Gasteiger partial charge >= 0.3 is 0 Å². The van der Waals surface area contributed by atoms with E-state index < -0.39 is 0 Å². The van der Waals surface area contributed by atoms with Gasteiger partial charge in [-0.05, 0) is 36.6 Å². The lowest BCUT2D eigenvalue weighted by atomic mass is 9.95. The lowest BCUT2D eigenvalue weighted by Crippen LogP contribution is -2.30. The first-order valence-corrected chi connectivity index (χ1v) is 6.82. The minimum Gasteiger partial charge on any atom is -0.359 e. The molecule has 0 unspecified atom stereocenters. The molecule has 4 heteroatoms. The van der Waals surface area contributed by atoms with Gasteiger partial charge in [-0.15, -0.1) is 0 Å². The Bertz CT molecular complexity index is 450. The van der Waals surface area contributed by atoms with E-state index in [-0.39, 0.29) is 17.8 Å². The van der Waals surface area contributed by atoms with Gasteiger partial charge in [-0.25, -0.2) is 4.39 Å². The number of halogens is 1. The van der Waals surface area contributed by atoms with Gasteiger partial charge in [0.15, 0.2) is 0 Å². The van der Waals surface area contributed by atoms with E-state index in [1.54, 1.807) is 19.2 Å². The van der Waals surface area contributed by atoms with Gasteiger partial charge in [0.25, 0.3) is 0 Å². The van der Waals surface area contributed by atoms with E-state index in [4.69, 9.17) is 0 Å². The standard InChI is InChI=1S/C15H21FN2O/c1-11-6-8-18(9-7-14(19)17-2)15(11)12-4-3-5-13(16)10-12/h3-5,10-11,15H,6-9H2,1-2H3,(H,17,19)/t11-,15+/m1/s1. The number of nitrogens with one attached hydrogen (secondary N) is 1. The maximum atomic E-state index is 13.4. The lowest BCUT2D eigenvalue weighted by Gasteiger charge is -2.27. The summed E-state index contributed by atoms with van der Waals surface area (Å²) in [7, 11) is 1.65. The van der Waals surface area contributed by atoms with Crippen LogP contribution in [0, 0.1) is 11.7 Å². The van der Waals surface area contributed by atoms with Crippen molar-refractivity contribution in [2.45, 2.75) is 25.8 Å². The summed E-state index contributed by atoms with van der Waals surface area (Å²) in [5.41, 5.74) is 1.02. The molecule has 0 spiro atoms. The van der Waals surface area contributed by atoms with Crippen LogP contribution in [0.25, 0.3) is 0 Å². The van der Waals surface area contributed by atoms with Crippen LogP contribution in [0.5, 0.6) is 0 Å². The van der Waals surface area contributed by atoms with Crippen molar-refractivity contribution in [3.8, 4) is 0 Å². The summed E-state index contributed by atoms with van der Waals surface area (Å²) in [6.07, 6.45) is 1.59. The fraction of sp³-hybridized carbons (Fsp3) is 0.533. The molecule has 1 heterocycles. The van der Waals surface area contributed by atoms with Crippen molar-refractivity contribution >= 4 is 5.91 Å². The highest BCUT2D eigenvalue weighted by atomic mass is 19.1. The van der Waals surface area contributed by atoms with Crippen LogP contribution < -0.4 is 5.32 Å². The van der Waals surface area contributed by atoms with Gasteiger partial charge in [-0.3, -0.25) is 9.69 Å². The van der Waals surface area contributed by atoms with Crippen molar-refractivity contribution in [3.05, 3.63) is 35.6 Å². The molecule has 104 valence electrons. The van der Waals surface area contributed by atoms with Crippen molar-refractivity contribution in [3.63, 3.8) is 0 Å². The Morgan fingerprint density at radius 2 is 2.32 bits per heavy atom. The molecule has 1 aromatic rings. The van der Waals surface area contributed by atoms with E-state index >= 15 is 0 Å². The molecule has 0 aliphatic carbocycles.